The molecule has 0 aliphatic heterocycles. The van der Waals surface area contributed by atoms with Gasteiger partial charge in [-0.2, -0.15) is 0 Å². The van der Waals surface area contributed by atoms with Gasteiger partial charge in [0.25, 0.3) is 0 Å². The summed E-state index contributed by atoms with van der Waals surface area (Å²) in [5, 5.41) is 3.77. The van der Waals surface area contributed by atoms with Crippen LogP contribution in [-0.2, 0) is 17.9 Å². The van der Waals surface area contributed by atoms with Crippen LogP contribution in [0.5, 0.6) is 0 Å². The molecule has 0 unspecified atom stereocenters. The number of benzene rings is 1. The van der Waals surface area contributed by atoms with Gasteiger partial charge in [0, 0.05) is 42.6 Å². The Morgan fingerprint density at radius 1 is 1.11 bits per heavy atom. The molecule has 7 heteroatoms. The van der Waals surface area contributed by atoms with E-state index in [-0.39, 0.29) is 24.5 Å². The molecule has 1 N–H and O–H groups in total. The number of hydrogen-bond donors (Lipinski definition) is 1. The summed E-state index contributed by atoms with van der Waals surface area (Å²) in [6.45, 7) is 8.95. The van der Waals surface area contributed by atoms with E-state index in [1.807, 2.05) is 35.2 Å². The number of carbonyl (C=O) groups is 2. The fourth-order valence-corrected chi connectivity index (χ4v) is 5.15. The molecule has 1 saturated carbocycles. The Labute approximate surface area is 228 Å². The second-order valence-electron chi connectivity index (χ2n) is 10.7. The van der Waals surface area contributed by atoms with E-state index in [0.717, 1.165) is 61.2 Å². The van der Waals surface area contributed by atoms with Crippen LogP contribution < -0.4 is 5.32 Å². The molecule has 6 nitrogen and oxygen atoms in total. The molecule has 0 bridgehead atoms. The zero-order chi connectivity index (χ0) is 26.6. The second kappa shape index (κ2) is 15.1. The molecule has 1 aromatic carbocycles. The van der Waals surface area contributed by atoms with Crippen molar-refractivity contribution in [3.63, 3.8) is 0 Å². The molecule has 37 heavy (non-hydrogen) atoms. The molecule has 0 atom stereocenters. The van der Waals surface area contributed by atoms with E-state index in [9.17, 15) is 9.59 Å². The molecule has 1 aliphatic rings. The number of urea groups is 1. The van der Waals surface area contributed by atoms with Gasteiger partial charge in [0.05, 0.1) is 6.54 Å². The van der Waals surface area contributed by atoms with Crippen LogP contribution in [0.3, 0.4) is 0 Å². The van der Waals surface area contributed by atoms with Crippen molar-refractivity contribution in [2.45, 2.75) is 91.3 Å². The maximum atomic E-state index is 13.9. The first-order valence-electron chi connectivity index (χ1n) is 14.1. The van der Waals surface area contributed by atoms with Gasteiger partial charge in [0.1, 0.15) is 6.54 Å². The smallest absolute Gasteiger partial charge is 0.317 e. The van der Waals surface area contributed by atoms with Crippen LogP contribution >= 0.6 is 11.6 Å². The highest BCUT2D eigenvalue weighted by molar-refractivity contribution is 6.31. The summed E-state index contributed by atoms with van der Waals surface area (Å²) < 4.78 is 2.18. The van der Waals surface area contributed by atoms with Crippen molar-refractivity contribution in [3.8, 4) is 0 Å². The van der Waals surface area contributed by atoms with Crippen LogP contribution in [0.1, 0.15) is 83.4 Å². The van der Waals surface area contributed by atoms with Gasteiger partial charge < -0.3 is 19.7 Å². The maximum absolute atomic E-state index is 13.9. The van der Waals surface area contributed by atoms with E-state index in [0.29, 0.717) is 32.1 Å². The maximum Gasteiger partial charge on any atom is 0.317 e. The Morgan fingerprint density at radius 2 is 1.86 bits per heavy atom. The Balaban J connectivity index is 1.77. The van der Waals surface area contributed by atoms with Gasteiger partial charge in [0.2, 0.25) is 5.91 Å². The van der Waals surface area contributed by atoms with Gasteiger partial charge in [0.15, 0.2) is 0 Å². The Bertz CT molecular complexity index is 983. The first-order valence-corrected chi connectivity index (χ1v) is 14.5. The third-order valence-electron chi connectivity index (χ3n) is 7.29. The largest absolute Gasteiger partial charge is 0.345 e. The predicted molar refractivity (Wildman–Crippen MR) is 152 cm³/mol. The first-order chi connectivity index (χ1) is 17.9. The minimum absolute atomic E-state index is 0.0341. The fourth-order valence-electron chi connectivity index (χ4n) is 4.95. The summed E-state index contributed by atoms with van der Waals surface area (Å²) in [6.07, 6.45) is 10.4. The van der Waals surface area contributed by atoms with Crippen molar-refractivity contribution in [1.82, 2.24) is 19.7 Å². The standard InChI is InChI=1S/C30H45ClN4O2/c1-4-5-18-32-30(37)34(20-17-24(2)3)23-29(36)35(26-13-7-6-8-14-26)22-27-15-11-19-33(27)21-25-12-9-10-16-28(25)31/h9-12,15-16,19,24,26H,4-8,13-14,17-18,20-23H2,1-3H3,(H,32,37). The van der Waals surface area contributed by atoms with Crippen molar-refractivity contribution >= 4 is 23.5 Å². The molecule has 1 aromatic heterocycles. The molecular formula is C30H45ClN4O2. The van der Waals surface area contributed by atoms with Gasteiger partial charge in [-0.15, -0.1) is 0 Å². The fraction of sp³-hybridized carbons (Fsp3) is 0.600. The van der Waals surface area contributed by atoms with Crippen molar-refractivity contribution in [1.29, 1.82) is 0 Å². The highest BCUT2D eigenvalue weighted by Gasteiger charge is 2.29. The van der Waals surface area contributed by atoms with E-state index in [2.05, 4.69) is 42.9 Å². The lowest BCUT2D eigenvalue weighted by atomic mass is 9.94. The van der Waals surface area contributed by atoms with E-state index in [4.69, 9.17) is 11.6 Å². The molecule has 0 radical (unpaired) electrons. The molecule has 0 spiro atoms. The Kier molecular flexibility index (Phi) is 11.8. The first kappa shape index (κ1) is 29.1. The lowest BCUT2D eigenvalue weighted by molar-refractivity contribution is -0.135. The number of hydrogen-bond acceptors (Lipinski definition) is 2. The van der Waals surface area contributed by atoms with Crippen LogP contribution in [0.2, 0.25) is 5.02 Å². The average molecular weight is 529 g/mol. The molecule has 1 heterocycles. The highest BCUT2D eigenvalue weighted by Crippen LogP contribution is 2.25. The quantitative estimate of drug-likeness (QED) is 0.294. The van der Waals surface area contributed by atoms with Crippen LogP contribution in [0.15, 0.2) is 42.6 Å². The van der Waals surface area contributed by atoms with Crippen LogP contribution in [0.4, 0.5) is 4.79 Å². The molecule has 3 amide bonds. The lowest BCUT2D eigenvalue weighted by Crippen LogP contribution is -2.50. The summed E-state index contributed by atoms with van der Waals surface area (Å²) in [5.74, 6) is 0.496. The van der Waals surface area contributed by atoms with Gasteiger partial charge >= 0.3 is 6.03 Å². The van der Waals surface area contributed by atoms with Crippen molar-refractivity contribution in [2.75, 3.05) is 19.6 Å². The lowest BCUT2D eigenvalue weighted by Gasteiger charge is -2.36. The SMILES string of the molecule is CCCCNC(=O)N(CCC(C)C)CC(=O)N(Cc1cccn1Cc1ccccc1Cl)C1CCCCC1. The molecule has 2 aromatic rings. The Hall–Kier alpha value is -2.47. The molecule has 204 valence electrons. The number of unbranched alkanes of at least 4 members (excludes halogenated alkanes) is 1. The predicted octanol–water partition coefficient (Wildman–Crippen LogP) is 6.71. The van der Waals surface area contributed by atoms with Gasteiger partial charge in [-0.3, -0.25) is 4.79 Å². The third kappa shape index (κ3) is 9.10. The number of amides is 3. The normalized spacial score (nSPS) is 14.1. The average Bonchev–Trinajstić information content (AvgIpc) is 3.33. The molecule has 0 saturated heterocycles. The third-order valence-corrected chi connectivity index (χ3v) is 7.66. The molecule has 3 rings (SSSR count). The van der Waals surface area contributed by atoms with Crippen LogP contribution in [0, 0.1) is 5.92 Å². The summed E-state index contributed by atoms with van der Waals surface area (Å²) in [4.78, 5) is 30.6. The van der Waals surface area contributed by atoms with Gasteiger partial charge in [-0.05, 0) is 55.4 Å². The molecule has 1 aliphatic carbocycles. The number of carbonyl (C=O) groups excluding carboxylic acids is 2. The molecule has 1 fully saturated rings. The van der Waals surface area contributed by atoms with Crippen LogP contribution in [-0.4, -0.2) is 52.0 Å². The minimum Gasteiger partial charge on any atom is -0.345 e. The van der Waals surface area contributed by atoms with Crippen molar-refractivity contribution in [3.05, 3.63) is 58.9 Å². The highest BCUT2D eigenvalue weighted by atomic mass is 35.5. The van der Waals surface area contributed by atoms with Crippen molar-refractivity contribution in [2.24, 2.45) is 5.92 Å². The number of nitrogens with zero attached hydrogens (tertiary/aromatic N) is 3. The monoisotopic (exact) mass is 528 g/mol. The zero-order valence-electron chi connectivity index (χ0n) is 22.9. The molecular weight excluding hydrogens is 484 g/mol. The number of aromatic nitrogens is 1. The summed E-state index contributed by atoms with van der Waals surface area (Å²) in [7, 11) is 0. The summed E-state index contributed by atoms with van der Waals surface area (Å²) in [5.41, 5.74) is 2.14. The van der Waals surface area contributed by atoms with E-state index in [1.165, 1.54) is 6.42 Å². The minimum atomic E-state index is -0.131. The van der Waals surface area contributed by atoms with Crippen LogP contribution in [0.25, 0.3) is 0 Å². The van der Waals surface area contributed by atoms with E-state index < -0.39 is 0 Å². The summed E-state index contributed by atoms with van der Waals surface area (Å²) in [6, 6.07) is 12.1. The van der Waals surface area contributed by atoms with Crippen molar-refractivity contribution < 1.29 is 9.59 Å². The number of nitrogens with one attached hydrogen (secondary N) is 1. The van der Waals surface area contributed by atoms with E-state index in [1.54, 1.807) is 4.90 Å². The van der Waals surface area contributed by atoms with Gasteiger partial charge in [-0.25, -0.2) is 4.79 Å². The zero-order valence-corrected chi connectivity index (χ0v) is 23.7. The second-order valence-corrected chi connectivity index (χ2v) is 11.1. The summed E-state index contributed by atoms with van der Waals surface area (Å²) >= 11 is 6.43. The number of rotatable bonds is 13. The Morgan fingerprint density at radius 3 is 2.57 bits per heavy atom. The van der Waals surface area contributed by atoms with E-state index >= 15 is 0 Å². The number of halogens is 1. The topological polar surface area (TPSA) is 57.6 Å². The van der Waals surface area contributed by atoms with Gasteiger partial charge in [-0.1, -0.05) is 76.3 Å².